The number of pyridine rings is 2. The van der Waals surface area contributed by atoms with Gasteiger partial charge in [-0.25, -0.2) is 4.98 Å². The highest BCUT2D eigenvalue weighted by molar-refractivity contribution is 5.32. The molecular formula is C17H18F3N3O. The van der Waals surface area contributed by atoms with Gasteiger partial charge in [0.2, 0.25) is 5.88 Å². The van der Waals surface area contributed by atoms with Crippen molar-refractivity contribution in [1.29, 1.82) is 0 Å². The van der Waals surface area contributed by atoms with Crippen LogP contribution < -0.4 is 10.1 Å². The molecule has 0 radical (unpaired) electrons. The quantitative estimate of drug-likeness (QED) is 0.925. The van der Waals surface area contributed by atoms with E-state index in [2.05, 4.69) is 15.3 Å². The van der Waals surface area contributed by atoms with Gasteiger partial charge in [-0.05, 0) is 42.5 Å². The summed E-state index contributed by atoms with van der Waals surface area (Å²) in [6.45, 7) is 0.527. The fourth-order valence-corrected chi connectivity index (χ4v) is 2.93. The van der Waals surface area contributed by atoms with E-state index in [0.717, 1.165) is 30.3 Å². The van der Waals surface area contributed by atoms with Crippen LogP contribution in [0.15, 0.2) is 30.6 Å². The van der Waals surface area contributed by atoms with Crippen LogP contribution in [-0.2, 0) is 19.1 Å². The Morgan fingerprint density at radius 3 is 2.88 bits per heavy atom. The number of aryl methyl sites for hydroxylation is 1. The van der Waals surface area contributed by atoms with E-state index in [1.165, 1.54) is 6.07 Å². The predicted molar refractivity (Wildman–Crippen MR) is 82.5 cm³/mol. The minimum atomic E-state index is -4.37. The monoisotopic (exact) mass is 337 g/mol. The van der Waals surface area contributed by atoms with Gasteiger partial charge in [0.05, 0.1) is 12.7 Å². The molecule has 24 heavy (non-hydrogen) atoms. The summed E-state index contributed by atoms with van der Waals surface area (Å²) in [5.74, 6) is 0.513. The lowest BCUT2D eigenvalue weighted by molar-refractivity contribution is -0.137. The van der Waals surface area contributed by atoms with Crippen molar-refractivity contribution in [3.63, 3.8) is 0 Å². The van der Waals surface area contributed by atoms with E-state index in [1.807, 2.05) is 6.07 Å². The fourth-order valence-electron chi connectivity index (χ4n) is 2.93. The van der Waals surface area contributed by atoms with Gasteiger partial charge < -0.3 is 10.1 Å². The van der Waals surface area contributed by atoms with Gasteiger partial charge in [0.25, 0.3) is 0 Å². The van der Waals surface area contributed by atoms with Crippen LogP contribution in [0.3, 0.4) is 0 Å². The van der Waals surface area contributed by atoms with Gasteiger partial charge in [-0.15, -0.1) is 0 Å². The molecule has 7 heteroatoms. The third-order valence-electron chi connectivity index (χ3n) is 4.17. The summed E-state index contributed by atoms with van der Waals surface area (Å²) in [6, 6.07) is 4.75. The molecule has 4 nitrogen and oxygen atoms in total. The summed E-state index contributed by atoms with van der Waals surface area (Å²) in [5.41, 5.74) is 1.67. The minimum absolute atomic E-state index is 0.136. The molecule has 0 bridgehead atoms. The first-order valence-corrected chi connectivity index (χ1v) is 7.75. The number of methoxy groups -OCH3 is 1. The van der Waals surface area contributed by atoms with Gasteiger partial charge in [0.15, 0.2) is 0 Å². The summed E-state index contributed by atoms with van der Waals surface area (Å²) in [7, 11) is 1.54. The fraction of sp³-hybridized carbons (Fsp3) is 0.412. The Balaban J connectivity index is 1.78. The van der Waals surface area contributed by atoms with E-state index in [0.29, 0.717) is 24.4 Å². The predicted octanol–water partition coefficient (Wildman–Crippen LogP) is 3.67. The van der Waals surface area contributed by atoms with E-state index in [1.54, 1.807) is 19.4 Å². The zero-order valence-corrected chi connectivity index (χ0v) is 13.2. The van der Waals surface area contributed by atoms with Gasteiger partial charge in [-0.3, -0.25) is 4.98 Å². The highest BCUT2D eigenvalue weighted by Gasteiger charge is 2.33. The molecule has 1 aliphatic carbocycles. The Hall–Kier alpha value is -2.15. The van der Waals surface area contributed by atoms with Crippen molar-refractivity contribution in [3.8, 4) is 5.88 Å². The molecule has 1 N–H and O–H groups in total. The van der Waals surface area contributed by atoms with Gasteiger partial charge >= 0.3 is 6.18 Å². The lowest BCUT2D eigenvalue weighted by atomic mass is 9.90. The Labute approximate surface area is 138 Å². The summed E-state index contributed by atoms with van der Waals surface area (Å²) >= 11 is 0. The van der Waals surface area contributed by atoms with E-state index in [-0.39, 0.29) is 6.04 Å². The number of ether oxygens (including phenoxy) is 1. The van der Waals surface area contributed by atoms with Crippen molar-refractivity contribution >= 4 is 0 Å². The summed E-state index contributed by atoms with van der Waals surface area (Å²) in [6.07, 6.45) is 0.612. The molecule has 2 aromatic heterocycles. The van der Waals surface area contributed by atoms with E-state index < -0.39 is 11.7 Å². The maximum atomic E-state index is 12.9. The molecular weight excluding hydrogens is 319 g/mol. The van der Waals surface area contributed by atoms with Crippen LogP contribution in [0.4, 0.5) is 13.2 Å². The first kappa shape index (κ1) is 16.7. The lowest BCUT2D eigenvalue weighted by Gasteiger charge is -2.26. The lowest BCUT2D eigenvalue weighted by Crippen LogP contribution is -2.26. The second-order valence-corrected chi connectivity index (χ2v) is 5.79. The highest BCUT2D eigenvalue weighted by Crippen LogP contribution is 2.35. The number of hydrogen-bond acceptors (Lipinski definition) is 4. The van der Waals surface area contributed by atoms with Crippen molar-refractivity contribution in [2.45, 2.75) is 38.0 Å². The minimum Gasteiger partial charge on any atom is -0.481 e. The molecule has 0 spiro atoms. The van der Waals surface area contributed by atoms with E-state index in [9.17, 15) is 13.2 Å². The third-order valence-corrected chi connectivity index (χ3v) is 4.17. The summed E-state index contributed by atoms with van der Waals surface area (Å²) in [4.78, 5) is 8.07. The van der Waals surface area contributed by atoms with Crippen LogP contribution >= 0.6 is 0 Å². The van der Waals surface area contributed by atoms with Gasteiger partial charge in [0.1, 0.15) is 0 Å². The van der Waals surface area contributed by atoms with Crippen molar-refractivity contribution in [3.05, 3.63) is 53.0 Å². The molecule has 1 aliphatic rings. The summed E-state index contributed by atoms with van der Waals surface area (Å²) < 4.78 is 43.9. The van der Waals surface area contributed by atoms with Gasteiger partial charge in [-0.1, -0.05) is 0 Å². The van der Waals surface area contributed by atoms with Gasteiger partial charge in [0, 0.05) is 36.7 Å². The number of nitrogens with zero attached hydrogens (tertiary/aromatic N) is 2. The highest BCUT2D eigenvalue weighted by atomic mass is 19.4. The second kappa shape index (κ2) is 6.76. The number of nitrogens with one attached hydrogen (secondary N) is 1. The second-order valence-electron chi connectivity index (χ2n) is 5.79. The number of alkyl halides is 3. The molecule has 1 unspecified atom stereocenters. The Bertz CT molecular complexity index is 718. The van der Waals surface area contributed by atoms with Crippen molar-refractivity contribution in [2.75, 3.05) is 7.11 Å². The standard InChI is InChI=1S/C17H18F3N3O/c1-24-16-7-11(5-6-21-16)9-22-14-3-2-4-15-13(14)8-12(10-23-15)17(18,19)20/h5-8,10,14,22H,2-4,9H2,1H3. The third kappa shape index (κ3) is 3.67. The zero-order chi connectivity index (χ0) is 17.2. The van der Waals surface area contributed by atoms with Crippen LogP contribution in [0.2, 0.25) is 0 Å². The summed E-state index contributed by atoms with van der Waals surface area (Å²) in [5, 5.41) is 3.33. The Kier molecular flexibility index (Phi) is 4.71. The number of halogens is 3. The number of fused-ring (bicyclic) bond motifs is 1. The zero-order valence-electron chi connectivity index (χ0n) is 13.2. The van der Waals surface area contributed by atoms with Crippen molar-refractivity contribution in [2.24, 2.45) is 0 Å². The van der Waals surface area contributed by atoms with Crippen LogP contribution in [0.1, 0.15) is 41.3 Å². The smallest absolute Gasteiger partial charge is 0.417 e. The molecule has 0 saturated heterocycles. The van der Waals surface area contributed by atoms with Crippen LogP contribution in [-0.4, -0.2) is 17.1 Å². The molecule has 3 rings (SSSR count). The first-order chi connectivity index (χ1) is 11.5. The topological polar surface area (TPSA) is 47.0 Å². The first-order valence-electron chi connectivity index (χ1n) is 7.75. The van der Waals surface area contributed by atoms with Crippen molar-refractivity contribution < 1.29 is 17.9 Å². The molecule has 0 fully saturated rings. The van der Waals surface area contributed by atoms with Crippen LogP contribution in [0, 0.1) is 0 Å². The van der Waals surface area contributed by atoms with E-state index in [4.69, 9.17) is 4.74 Å². The molecule has 0 amide bonds. The van der Waals surface area contributed by atoms with Crippen LogP contribution in [0.5, 0.6) is 5.88 Å². The maximum absolute atomic E-state index is 12.9. The Morgan fingerprint density at radius 1 is 1.29 bits per heavy atom. The molecule has 2 heterocycles. The Morgan fingerprint density at radius 2 is 2.12 bits per heavy atom. The van der Waals surface area contributed by atoms with Crippen LogP contribution in [0.25, 0.3) is 0 Å². The molecule has 2 aromatic rings. The van der Waals surface area contributed by atoms with E-state index >= 15 is 0 Å². The molecule has 0 saturated carbocycles. The molecule has 0 aromatic carbocycles. The molecule has 0 aliphatic heterocycles. The SMILES string of the molecule is COc1cc(CNC2CCCc3ncc(C(F)(F)F)cc32)ccn1. The normalized spacial score (nSPS) is 17.4. The van der Waals surface area contributed by atoms with Crippen molar-refractivity contribution in [1.82, 2.24) is 15.3 Å². The number of rotatable bonds is 4. The van der Waals surface area contributed by atoms with Gasteiger partial charge in [-0.2, -0.15) is 13.2 Å². The molecule has 1 atom stereocenters. The maximum Gasteiger partial charge on any atom is 0.417 e. The average Bonchev–Trinajstić information content (AvgIpc) is 2.58. The average molecular weight is 337 g/mol. The number of hydrogen-bond donors (Lipinski definition) is 1. The molecule has 128 valence electrons. The largest absolute Gasteiger partial charge is 0.481 e. The number of aromatic nitrogens is 2.